The van der Waals surface area contributed by atoms with Gasteiger partial charge in [-0.2, -0.15) is 0 Å². The molecular formula is C16H16BrCl2NO. The molecule has 1 unspecified atom stereocenters. The first kappa shape index (κ1) is 16.6. The summed E-state index contributed by atoms with van der Waals surface area (Å²) >= 11 is 15.3. The molecule has 0 amide bonds. The van der Waals surface area contributed by atoms with Gasteiger partial charge in [-0.25, -0.2) is 0 Å². The van der Waals surface area contributed by atoms with Gasteiger partial charge < -0.3 is 10.4 Å². The lowest BCUT2D eigenvalue weighted by atomic mass is 9.93. The molecule has 0 fully saturated rings. The number of rotatable bonds is 5. The van der Waals surface area contributed by atoms with Gasteiger partial charge in [0.25, 0.3) is 0 Å². The summed E-state index contributed by atoms with van der Waals surface area (Å²) in [6.07, 6.45) is 0.681. The van der Waals surface area contributed by atoms with E-state index in [1.807, 2.05) is 49.4 Å². The highest BCUT2D eigenvalue weighted by Gasteiger charge is 2.23. The molecule has 2 aromatic rings. The highest BCUT2D eigenvalue weighted by Crippen LogP contribution is 2.28. The van der Waals surface area contributed by atoms with E-state index in [2.05, 4.69) is 21.2 Å². The summed E-state index contributed by atoms with van der Waals surface area (Å²) in [5, 5.41) is 14.5. The van der Waals surface area contributed by atoms with Crippen LogP contribution in [0, 0.1) is 0 Å². The summed E-state index contributed by atoms with van der Waals surface area (Å²) in [6.45, 7) is 1.99. The lowest BCUT2D eigenvalue weighted by molar-refractivity contribution is 0.222. The van der Waals surface area contributed by atoms with Crippen molar-refractivity contribution >= 4 is 44.8 Å². The molecule has 0 aliphatic rings. The predicted molar refractivity (Wildman–Crippen MR) is 93.4 cm³/mol. The van der Waals surface area contributed by atoms with Crippen LogP contribution in [0.25, 0.3) is 0 Å². The van der Waals surface area contributed by atoms with Crippen molar-refractivity contribution in [2.45, 2.75) is 18.9 Å². The zero-order valence-electron chi connectivity index (χ0n) is 11.5. The fourth-order valence-electron chi connectivity index (χ4n) is 2.11. The lowest BCUT2D eigenvalue weighted by Crippen LogP contribution is -2.41. The Morgan fingerprint density at radius 3 is 2.38 bits per heavy atom. The summed E-state index contributed by atoms with van der Waals surface area (Å²) in [6, 6.07) is 13.3. The Kier molecular flexibility index (Phi) is 5.55. The maximum atomic E-state index is 9.76. The topological polar surface area (TPSA) is 32.3 Å². The molecule has 5 heteroatoms. The molecule has 21 heavy (non-hydrogen) atoms. The van der Waals surface area contributed by atoms with Gasteiger partial charge in [0, 0.05) is 15.2 Å². The van der Waals surface area contributed by atoms with Crippen molar-refractivity contribution in [3.63, 3.8) is 0 Å². The number of anilines is 1. The van der Waals surface area contributed by atoms with E-state index in [9.17, 15) is 5.11 Å². The fraction of sp³-hybridized carbons (Fsp3) is 0.250. The molecular weight excluding hydrogens is 373 g/mol. The maximum absolute atomic E-state index is 9.76. The van der Waals surface area contributed by atoms with Crippen LogP contribution >= 0.6 is 39.1 Å². The van der Waals surface area contributed by atoms with Crippen molar-refractivity contribution in [3.05, 3.63) is 62.5 Å². The number of aliphatic hydroxyl groups excluding tert-OH is 1. The van der Waals surface area contributed by atoms with Gasteiger partial charge in [0.15, 0.2) is 0 Å². The molecule has 2 nitrogen and oxygen atoms in total. The van der Waals surface area contributed by atoms with E-state index >= 15 is 0 Å². The molecule has 1 atom stereocenters. The first-order chi connectivity index (χ1) is 9.92. The Labute approximate surface area is 143 Å². The van der Waals surface area contributed by atoms with E-state index < -0.39 is 5.54 Å². The minimum atomic E-state index is -0.471. The zero-order valence-corrected chi connectivity index (χ0v) is 14.6. The van der Waals surface area contributed by atoms with Crippen molar-refractivity contribution in [2.75, 3.05) is 11.9 Å². The number of aliphatic hydroxyl groups is 1. The highest BCUT2D eigenvalue weighted by molar-refractivity contribution is 9.10. The first-order valence-corrected chi connectivity index (χ1v) is 8.05. The van der Waals surface area contributed by atoms with Crippen LogP contribution in [0.4, 0.5) is 5.69 Å². The summed E-state index contributed by atoms with van der Waals surface area (Å²) in [5.74, 6) is 0. The Bertz CT molecular complexity index is 618. The molecule has 0 radical (unpaired) electrons. The van der Waals surface area contributed by atoms with Gasteiger partial charge >= 0.3 is 0 Å². The maximum Gasteiger partial charge on any atom is 0.0662 e. The number of halogens is 3. The van der Waals surface area contributed by atoms with E-state index in [1.165, 1.54) is 0 Å². The summed E-state index contributed by atoms with van der Waals surface area (Å²) in [7, 11) is 0. The van der Waals surface area contributed by atoms with E-state index in [1.54, 1.807) is 0 Å². The zero-order chi connectivity index (χ0) is 15.5. The SMILES string of the molecule is CC(CO)(Cc1ccc(Cl)cc1)Nc1ccc(Cl)c(Br)c1. The van der Waals surface area contributed by atoms with Gasteiger partial charge in [0.05, 0.1) is 17.2 Å². The molecule has 2 rings (SSSR count). The third-order valence-corrected chi connectivity index (χ3v) is 4.69. The van der Waals surface area contributed by atoms with E-state index in [-0.39, 0.29) is 6.61 Å². The second-order valence-corrected chi connectivity index (χ2v) is 6.97. The number of nitrogens with one attached hydrogen (secondary N) is 1. The normalized spacial score (nSPS) is 13.8. The average Bonchev–Trinajstić information content (AvgIpc) is 2.45. The van der Waals surface area contributed by atoms with Gasteiger partial charge in [-0.05, 0) is 65.2 Å². The van der Waals surface area contributed by atoms with Crippen LogP contribution in [-0.4, -0.2) is 17.3 Å². The second-order valence-electron chi connectivity index (χ2n) is 5.28. The minimum Gasteiger partial charge on any atom is -0.394 e. The van der Waals surface area contributed by atoms with Gasteiger partial charge in [-0.15, -0.1) is 0 Å². The first-order valence-electron chi connectivity index (χ1n) is 6.50. The van der Waals surface area contributed by atoms with Crippen molar-refractivity contribution in [2.24, 2.45) is 0 Å². The fourth-order valence-corrected chi connectivity index (χ4v) is 2.74. The monoisotopic (exact) mass is 387 g/mol. The second kappa shape index (κ2) is 7.01. The molecule has 0 saturated heterocycles. The molecule has 0 heterocycles. The molecule has 112 valence electrons. The largest absolute Gasteiger partial charge is 0.394 e. The van der Waals surface area contributed by atoms with Crippen LogP contribution in [0.2, 0.25) is 10.0 Å². The quantitative estimate of drug-likeness (QED) is 0.741. The molecule has 0 aliphatic heterocycles. The van der Waals surface area contributed by atoms with Crippen molar-refractivity contribution in [1.29, 1.82) is 0 Å². The molecule has 0 bridgehead atoms. The molecule has 0 spiro atoms. The Hall–Kier alpha value is -0.740. The highest BCUT2D eigenvalue weighted by atomic mass is 79.9. The number of benzene rings is 2. The van der Waals surface area contributed by atoms with Crippen LogP contribution in [0.5, 0.6) is 0 Å². The molecule has 2 N–H and O–H groups in total. The van der Waals surface area contributed by atoms with Crippen LogP contribution in [0.15, 0.2) is 46.9 Å². The predicted octanol–water partition coefficient (Wildman–Crippen LogP) is 5.16. The van der Waals surface area contributed by atoms with Crippen LogP contribution in [0.1, 0.15) is 12.5 Å². The molecule has 0 aromatic heterocycles. The van der Waals surface area contributed by atoms with Gasteiger partial charge in [-0.1, -0.05) is 35.3 Å². The number of hydrogen-bond donors (Lipinski definition) is 2. The smallest absolute Gasteiger partial charge is 0.0662 e. The van der Waals surface area contributed by atoms with E-state index in [0.29, 0.717) is 16.5 Å². The summed E-state index contributed by atoms with van der Waals surface area (Å²) < 4.78 is 0.820. The van der Waals surface area contributed by atoms with Crippen molar-refractivity contribution < 1.29 is 5.11 Å². The summed E-state index contributed by atoms with van der Waals surface area (Å²) in [5.41, 5.74) is 1.54. The number of hydrogen-bond acceptors (Lipinski definition) is 2. The lowest BCUT2D eigenvalue weighted by Gasteiger charge is -2.30. The van der Waals surface area contributed by atoms with E-state index in [0.717, 1.165) is 15.7 Å². The Morgan fingerprint density at radius 2 is 1.81 bits per heavy atom. The third kappa shape index (κ3) is 4.62. The van der Waals surface area contributed by atoms with Crippen molar-refractivity contribution in [3.8, 4) is 0 Å². The molecule has 2 aromatic carbocycles. The van der Waals surface area contributed by atoms with Crippen molar-refractivity contribution in [1.82, 2.24) is 0 Å². The van der Waals surface area contributed by atoms with Gasteiger partial charge in [0.2, 0.25) is 0 Å². The van der Waals surface area contributed by atoms with Crippen LogP contribution in [0.3, 0.4) is 0 Å². The summed E-state index contributed by atoms with van der Waals surface area (Å²) in [4.78, 5) is 0. The Morgan fingerprint density at radius 1 is 1.14 bits per heavy atom. The average molecular weight is 389 g/mol. The Balaban J connectivity index is 2.16. The van der Waals surface area contributed by atoms with Gasteiger partial charge in [0.1, 0.15) is 0 Å². The molecule has 0 saturated carbocycles. The van der Waals surface area contributed by atoms with E-state index in [4.69, 9.17) is 23.2 Å². The molecule has 0 aliphatic carbocycles. The standard InChI is InChI=1S/C16H16BrCl2NO/c1-16(10-21,9-11-2-4-12(18)5-3-11)20-13-6-7-15(19)14(17)8-13/h2-8,20-21H,9-10H2,1H3. The van der Waals surface area contributed by atoms with Gasteiger partial charge in [-0.3, -0.25) is 0 Å². The van der Waals surface area contributed by atoms with Crippen LogP contribution in [-0.2, 0) is 6.42 Å². The van der Waals surface area contributed by atoms with Crippen LogP contribution < -0.4 is 5.32 Å². The third-order valence-electron chi connectivity index (χ3n) is 3.22. The minimum absolute atomic E-state index is 0.00979.